The van der Waals surface area contributed by atoms with Gasteiger partial charge in [0, 0.05) is 10.9 Å². The lowest BCUT2D eigenvalue weighted by atomic mass is 10.1. The number of carbonyl (C=O) groups is 1. The molecule has 6 heteroatoms. The molecule has 1 atom stereocenters. The topological polar surface area (TPSA) is 50.4 Å². The molecule has 1 rings (SSSR count). The smallest absolute Gasteiger partial charge is 0.341 e. The lowest BCUT2D eigenvalue weighted by molar-refractivity contribution is 0.0601. The van der Waals surface area contributed by atoms with Crippen LogP contribution >= 0.6 is 23.6 Å². The molecule has 112 valence electrons. The molecule has 0 saturated heterocycles. The number of rotatable bonds is 5. The highest BCUT2D eigenvalue weighted by Crippen LogP contribution is 2.33. The standard InChI is InChI=1S/C14H22N2O2S2/c1-6-8(3)15-14(19)16-12-11(13(17)18-5)10(7-2)9(4)20-12/h8H,6-7H2,1-5H3,(H2,15,16,19). The summed E-state index contributed by atoms with van der Waals surface area (Å²) in [6.45, 7) is 8.18. The predicted octanol–water partition coefficient (Wildman–Crippen LogP) is 3.49. The fraction of sp³-hybridized carbons (Fsp3) is 0.571. The third-order valence-electron chi connectivity index (χ3n) is 3.17. The van der Waals surface area contributed by atoms with Crippen LogP contribution in [-0.2, 0) is 11.2 Å². The van der Waals surface area contributed by atoms with Crippen LogP contribution < -0.4 is 10.6 Å². The average Bonchev–Trinajstić information content (AvgIpc) is 2.72. The minimum Gasteiger partial charge on any atom is -0.465 e. The van der Waals surface area contributed by atoms with Gasteiger partial charge in [0.25, 0.3) is 0 Å². The summed E-state index contributed by atoms with van der Waals surface area (Å²) in [7, 11) is 1.40. The Morgan fingerprint density at radius 2 is 2.10 bits per heavy atom. The van der Waals surface area contributed by atoms with Crippen molar-refractivity contribution in [2.75, 3.05) is 12.4 Å². The van der Waals surface area contributed by atoms with Gasteiger partial charge in [-0.3, -0.25) is 0 Å². The van der Waals surface area contributed by atoms with E-state index >= 15 is 0 Å². The van der Waals surface area contributed by atoms with Crippen molar-refractivity contribution in [2.24, 2.45) is 0 Å². The molecule has 1 heterocycles. The van der Waals surface area contributed by atoms with E-state index in [1.807, 2.05) is 13.8 Å². The Kier molecular flexibility index (Phi) is 6.42. The number of nitrogens with one attached hydrogen (secondary N) is 2. The van der Waals surface area contributed by atoms with Crippen molar-refractivity contribution in [3.05, 3.63) is 16.0 Å². The van der Waals surface area contributed by atoms with Gasteiger partial charge in [-0.25, -0.2) is 4.79 Å². The molecule has 1 aromatic heterocycles. The number of carbonyl (C=O) groups excluding carboxylic acids is 1. The molecule has 1 unspecified atom stereocenters. The van der Waals surface area contributed by atoms with Gasteiger partial charge in [-0.2, -0.15) is 0 Å². The number of hydrogen-bond acceptors (Lipinski definition) is 4. The highest BCUT2D eigenvalue weighted by atomic mass is 32.1. The number of esters is 1. The van der Waals surface area contributed by atoms with Crippen molar-refractivity contribution in [1.29, 1.82) is 0 Å². The molecule has 2 N–H and O–H groups in total. The van der Waals surface area contributed by atoms with Gasteiger partial charge in [-0.15, -0.1) is 11.3 Å². The molecule has 0 aliphatic rings. The number of methoxy groups -OCH3 is 1. The zero-order valence-corrected chi connectivity index (χ0v) is 14.3. The van der Waals surface area contributed by atoms with E-state index in [1.54, 1.807) is 0 Å². The van der Waals surface area contributed by atoms with E-state index in [4.69, 9.17) is 17.0 Å². The summed E-state index contributed by atoms with van der Waals surface area (Å²) in [4.78, 5) is 13.1. The van der Waals surface area contributed by atoms with E-state index in [9.17, 15) is 4.79 Å². The lowest BCUT2D eigenvalue weighted by Gasteiger charge is -2.15. The monoisotopic (exact) mass is 314 g/mol. The van der Waals surface area contributed by atoms with Crippen LogP contribution in [0.5, 0.6) is 0 Å². The molecule has 0 bridgehead atoms. The first-order valence-electron chi connectivity index (χ1n) is 6.72. The van der Waals surface area contributed by atoms with Crippen molar-refractivity contribution in [1.82, 2.24) is 5.32 Å². The molecule has 0 aliphatic carbocycles. The van der Waals surface area contributed by atoms with E-state index in [0.717, 1.165) is 28.3 Å². The van der Waals surface area contributed by atoms with Crippen LogP contribution in [0, 0.1) is 6.92 Å². The Labute approximate surface area is 129 Å². The Bertz CT molecular complexity index is 498. The number of ether oxygens (including phenoxy) is 1. The van der Waals surface area contributed by atoms with Crippen molar-refractivity contribution in [3.8, 4) is 0 Å². The molecule has 4 nitrogen and oxygen atoms in total. The van der Waals surface area contributed by atoms with Gasteiger partial charge < -0.3 is 15.4 Å². The van der Waals surface area contributed by atoms with Gasteiger partial charge in [0.1, 0.15) is 5.00 Å². The first-order valence-corrected chi connectivity index (χ1v) is 7.95. The van der Waals surface area contributed by atoms with Crippen LogP contribution in [-0.4, -0.2) is 24.2 Å². The molecule has 0 amide bonds. The van der Waals surface area contributed by atoms with Crippen molar-refractivity contribution >= 4 is 39.6 Å². The molecule has 1 aromatic rings. The van der Waals surface area contributed by atoms with Gasteiger partial charge in [0.05, 0.1) is 12.7 Å². The minimum atomic E-state index is -0.319. The van der Waals surface area contributed by atoms with Crippen LogP contribution in [0.3, 0.4) is 0 Å². The summed E-state index contributed by atoms with van der Waals surface area (Å²) >= 11 is 6.81. The second-order valence-electron chi connectivity index (χ2n) is 4.59. The van der Waals surface area contributed by atoms with Gasteiger partial charge in [0.2, 0.25) is 0 Å². The van der Waals surface area contributed by atoms with Crippen LogP contribution in [0.4, 0.5) is 5.00 Å². The van der Waals surface area contributed by atoms with E-state index in [-0.39, 0.29) is 5.97 Å². The maximum absolute atomic E-state index is 12.0. The maximum atomic E-state index is 12.0. The molecular formula is C14H22N2O2S2. The lowest BCUT2D eigenvalue weighted by Crippen LogP contribution is -2.35. The molecule has 20 heavy (non-hydrogen) atoms. The Hall–Kier alpha value is -1.14. The molecule has 0 fully saturated rings. The maximum Gasteiger partial charge on any atom is 0.341 e. The van der Waals surface area contributed by atoms with Gasteiger partial charge >= 0.3 is 5.97 Å². The summed E-state index contributed by atoms with van der Waals surface area (Å²) in [6.07, 6.45) is 1.77. The Morgan fingerprint density at radius 1 is 1.45 bits per heavy atom. The number of aryl methyl sites for hydroxylation is 1. The van der Waals surface area contributed by atoms with Crippen molar-refractivity contribution in [3.63, 3.8) is 0 Å². The third kappa shape index (κ3) is 3.93. The van der Waals surface area contributed by atoms with E-state index in [1.165, 1.54) is 18.4 Å². The number of anilines is 1. The Balaban J connectivity index is 3.00. The summed E-state index contributed by atoms with van der Waals surface area (Å²) in [5.41, 5.74) is 1.63. The van der Waals surface area contributed by atoms with Crippen molar-refractivity contribution < 1.29 is 9.53 Å². The molecule has 0 saturated carbocycles. The molecule has 0 aromatic carbocycles. The van der Waals surface area contributed by atoms with E-state index < -0.39 is 0 Å². The number of thiophene rings is 1. The third-order valence-corrected chi connectivity index (χ3v) is 4.45. The molecule has 0 aliphatic heterocycles. The second-order valence-corrected chi connectivity index (χ2v) is 6.23. The Morgan fingerprint density at radius 3 is 2.60 bits per heavy atom. The fourth-order valence-corrected chi connectivity index (χ4v) is 3.38. The highest BCUT2D eigenvalue weighted by Gasteiger charge is 2.22. The van der Waals surface area contributed by atoms with Crippen LogP contribution in [0.15, 0.2) is 0 Å². The zero-order valence-electron chi connectivity index (χ0n) is 12.6. The first-order chi connectivity index (χ1) is 9.44. The largest absolute Gasteiger partial charge is 0.465 e. The van der Waals surface area contributed by atoms with Crippen LogP contribution in [0.1, 0.15) is 48.0 Å². The van der Waals surface area contributed by atoms with E-state index in [0.29, 0.717) is 16.7 Å². The quantitative estimate of drug-likeness (QED) is 0.643. The number of thiocarbonyl (C=S) groups is 1. The summed E-state index contributed by atoms with van der Waals surface area (Å²) < 4.78 is 4.88. The van der Waals surface area contributed by atoms with Gasteiger partial charge in [-0.05, 0) is 44.5 Å². The molecule has 0 spiro atoms. The first kappa shape index (κ1) is 16.9. The summed E-state index contributed by atoms with van der Waals surface area (Å²) in [5.74, 6) is -0.319. The SMILES string of the molecule is CCc1c(C)sc(NC(=S)NC(C)CC)c1C(=O)OC. The van der Waals surface area contributed by atoms with Crippen LogP contribution in [0.2, 0.25) is 0 Å². The molecular weight excluding hydrogens is 292 g/mol. The summed E-state index contributed by atoms with van der Waals surface area (Å²) in [6, 6.07) is 0.295. The minimum absolute atomic E-state index is 0.295. The van der Waals surface area contributed by atoms with E-state index in [2.05, 4.69) is 24.5 Å². The molecule has 0 radical (unpaired) electrons. The second kappa shape index (κ2) is 7.59. The van der Waals surface area contributed by atoms with Gasteiger partial charge in [-0.1, -0.05) is 13.8 Å². The highest BCUT2D eigenvalue weighted by molar-refractivity contribution is 7.80. The van der Waals surface area contributed by atoms with Gasteiger partial charge in [0.15, 0.2) is 5.11 Å². The summed E-state index contributed by atoms with van der Waals surface area (Å²) in [5, 5.41) is 7.60. The van der Waals surface area contributed by atoms with Crippen LogP contribution in [0.25, 0.3) is 0 Å². The number of hydrogen-bond donors (Lipinski definition) is 2. The van der Waals surface area contributed by atoms with Crippen molar-refractivity contribution in [2.45, 2.75) is 46.6 Å². The average molecular weight is 314 g/mol. The predicted molar refractivity (Wildman–Crippen MR) is 88.9 cm³/mol. The normalized spacial score (nSPS) is 11.8. The fourth-order valence-electron chi connectivity index (χ4n) is 1.88. The zero-order chi connectivity index (χ0) is 15.3.